The molecule has 23 heavy (non-hydrogen) atoms. The van der Waals surface area contributed by atoms with Crippen LogP contribution >= 0.6 is 0 Å². The summed E-state index contributed by atoms with van der Waals surface area (Å²) >= 11 is 0. The molecule has 0 heterocycles. The SMILES string of the molecule is Cc1cc(C)c([S+](c2ccccc2)c2ccccc2)c(C)c1.[Br-]. The second-order valence-electron chi connectivity index (χ2n) is 5.66. The number of hydrogen-bond acceptors (Lipinski definition) is 0. The van der Waals surface area contributed by atoms with Gasteiger partial charge in [0.2, 0.25) is 0 Å². The molecular weight excluding hydrogens is 364 g/mol. The molecule has 0 saturated carbocycles. The molecule has 0 nitrogen and oxygen atoms in total. The highest BCUT2D eigenvalue weighted by atomic mass is 79.9. The molecule has 0 aliphatic heterocycles. The molecule has 3 aromatic rings. The van der Waals surface area contributed by atoms with Gasteiger partial charge in [-0.15, -0.1) is 0 Å². The highest BCUT2D eigenvalue weighted by Gasteiger charge is 2.31. The van der Waals surface area contributed by atoms with Gasteiger partial charge in [0, 0.05) is 11.1 Å². The number of aryl methyl sites for hydroxylation is 3. The van der Waals surface area contributed by atoms with Crippen LogP contribution in [0.2, 0.25) is 0 Å². The van der Waals surface area contributed by atoms with E-state index in [2.05, 4.69) is 93.6 Å². The minimum atomic E-state index is -0.0460. The molecule has 0 aromatic heterocycles. The van der Waals surface area contributed by atoms with Crippen molar-refractivity contribution in [2.24, 2.45) is 0 Å². The average Bonchev–Trinajstić information content (AvgIpc) is 2.52. The Labute approximate surface area is 152 Å². The molecule has 0 saturated heterocycles. The molecule has 0 radical (unpaired) electrons. The largest absolute Gasteiger partial charge is 1.00 e. The smallest absolute Gasteiger partial charge is 0.172 e. The molecule has 0 spiro atoms. The summed E-state index contributed by atoms with van der Waals surface area (Å²) in [6, 6.07) is 26.3. The Morgan fingerprint density at radius 2 is 1.00 bits per heavy atom. The summed E-state index contributed by atoms with van der Waals surface area (Å²) in [6.45, 7) is 6.65. The molecule has 3 rings (SSSR count). The molecule has 3 aromatic carbocycles. The van der Waals surface area contributed by atoms with Crippen molar-refractivity contribution in [1.29, 1.82) is 0 Å². The van der Waals surface area contributed by atoms with Gasteiger partial charge in [0.15, 0.2) is 14.7 Å². The zero-order valence-electron chi connectivity index (χ0n) is 13.7. The fraction of sp³-hybridized carbons (Fsp3) is 0.143. The van der Waals surface area contributed by atoms with Crippen LogP contribution in [0.3, 0.4) is 0 Å². The predicted octanol–water partition coefficient (Wildman–Crippen LogP) is 2.71. The van der Waals surface area contributed by atoms with Crippen LogP contribution < -0.4 is 17.0 Å². The maximum absolute atomic E-state index is 2.30. The van der Waals surface area contributed by atoms with Crippen molar-refractivity contribution >= 4 is 10.9 Å². The van der Waals surface area contributed by atoms with Gasteiger partial charge in [-0.3, -0.25) is 0 Å². The molecule has 118 valence electrons. The molecule has 0 bridgehead atoms. The first-order chi connectivity index (χ1) is 10.7. The number of benzene rings is 3. The van der Waals surface area contributed by atoms with E-state index < -0.39 is 0 Å². The van der Waals surface area contributed by atoms with Crippen molar-refractivity contribution in [3.05, 3.63) is 89.5 Å². The summed E-state index contributed by atoms with van der Waals surface area (Å²) in [4.78, 5) is 4.22. The van der Waals surface area contributed by atoms with Crippen LogP contribution in [0.4, 0.5) is 0 Å². The van der Waals surface area contributed by atoms with Crippen LogP contribution in [0.25, 0.3) is 0 Å². The van der Waals surface area contributed by atoms with Crippen molar-refractivity contribution < 1.29 is 17.0 Å². The zero-order valence-corrected chi connectivity index (χ0v) is 16.1. The van der Waals surface area contributed by atoms with Crippen LogP contribution in [0.5, 0.6) is 0 Å². The highest BCUT2D eigenvalue weighted by molar-refractivity contribution is 7.97. The van der Waals surface area contributed by atoms with Crippen molar-refractivity contribution in [3.63, 3.8) is 0 Å². The van der Waals surface area contributed by atoms with E-state index in [1.807, 2.05) is 0 Å². The highest BCUT2D eigenvalue weighted by Crippen LogP contribution is 2.35. The van der Waals surface area contributed by atoms with Gasteiger partial charge >= 0.3 is 0 Å². The van der Waals surface area contributed by atoms with Gasteiger partial charge in [0.25, 0.3) is 0 Å². The van der Waals surface area contributed by atoms with Crippen LogP contribution in [0.15, 0.2) is 87.5 Å². The van der Waals surface area contributed by atoms with Gasteiger partial charge in [-0.05, 0) is 45.0 Å². The van der Waals surface area contributed by atoms with E-state index in [0.29, 0.717) is 0 Å². The standard InChI is InChI=1S/C21H21S.BrH/c1-16-14-17(2)21(18(3)15-16)22(19-10-6-4-7-11-19)20-12-8-5-9-13-20;/h4-15H,1-3H3;1H/q+1;/p-1. The van der Waals surface area contributed by atoms with Crippen molar-refractivity contribution in [3.8, 4) is 0 Å². The van der Waals surface area contributed by atoms with Crippen LogP contribution in [-0.4, -0.2) is 0 Å². The van der Waals surface area contributed by atoms with Gasteiger partial charge in [0.05, 0.1) is 10.9 Å². The Morgan fingerprint density at radius 3 is 1.39 bits per heavy atom. The molecule has 0 fully saturated rings. The lowest BCUT2D eigenvalue weighted by molar-refractivity contribution is -0.00000466. The summed E-state index contributed by atoms with van der Waals surface area (Å²) < 4.78 is 0. The second-order valence-corrected chi connectivity index (χ2v) is 7.62. The summed E-state index contributed by atoms with van der Waals surface area (Å²) in [5.74, 6) is 0. The third kappa shape index (κ3) is 3.88. The van der Waals surface area contributed by atoms with Crippen LogP contribution in [0, 0.1) is 20.8 Å². The molecule has 0 amide bonds. The van der Waals surface area contributed by atoms with E-state index in [1.54, 1.807) is 0 Å². The van der Waals surface area contributed by atoms with Gasteiger partial charge in [0.1, 0.15) is 0 Å². The molecule has 0 aliphatic carbocycles. The van der Waals surface area contributed by atoms with Crippen molar-refractivity contribution in [2.75, 3.05) is 0 Å². The average molecular weight is 385 g/mol. The Hall–Kier alpha value is -1.51. The van der Waals surface area contributed by atoms with Crippen LogP contribution in [0.1, 0.15) is 16.7 Å². The fourth-order valence-electron chi connectivity index (χ4n) is 2.97. The van der Waals surface area contributed by atoms with Gasteiger partial charge < -0.3 is 17.0 Å². The third-order valence-corrected chi connectivity index (χ3v) is 6.31. The lowest BCUT2D eigenvalue weighted by Gasteiger charge is -2.13. The van der Waals surface area contributed by atoms with E-state index in [1.165, 1.54) is 31.4 Å². The molecular formula is C21H21BrS. The first-order valence-corrected chi connectivity index (χ1v) is 8.81. The molecule has 0 atom stereocenters. The minimum absolute atomic E-state index is 0. The van der Waals surface area contributed by atoms with Crippen molar-refractivity contribution in [2.45, 2.75) is 35.5 Å². The summed E-state index contributed by atoms with van der Waals surface area (Å²) in [5.41, 5.74) is 4.10. The molecule has 2 heteroatoms. The normalized spacial score (nSPS) is 10.4. The number of halogens is 1. The van der Waals surface area contributed by atoms with Gasteiger partial charge in [-0.1, -0.05) is 54.1 Å². The van der Waals surface area contributed by atoms with Gasteiger partial charge in [-0.25, -0.2) is 0 Å². The Bertz CT molecular complexity index is 704. The van der Waals surface area contributed by atoms with Crippen molar-refractivity contribution in [1.82, 2.24) is 0 Å². The Balaban J connectivity index is 0.00000192. The fourth-order valence-corrected chi connectivity index (χ4v) is 5.34. The maximum Gasteiger partial charge on any atom is 0.172 e. The van der Waals surface area contributed by atoms with E-state index in [4.69, 9.17) is 0 Å². The quantitative estimate of drug-likeness (QED) is 0.609. The molecule has 0 N–H and O–H groups in total. The predicted molar refractivity (Wildman–Crippen MR) is 95.7 cm³/mol. The van der Waals surface area contributed by atoms with Crippen LogP contribution in [-0.2, 0) is 10.9 Å². The zero-order chi connectivity index (χ0) is 15.5. The number of hydrogen-bond donors (Lipinski definition) is 0. The van der Waals surface area contributed by atoms with E-state index in [9.17, 15) is 0 Å². The number of rotatable bonds is 3. The van der Waals surface area contributed by atoms with E-state index in [-0.39, 0.29) is 27.9 Å². The monoisotopic (exact) mass is 384 g/mol. The topological polar surface area (TPSA) is 0 Å². The van der Waals surface area contributed by atoms with Gasteiger partial charge in [-0.2, -0.15) is 0 Å². The summed E-state index contributed by atoms with van der Waals surface area (Å²) in [7, 11) is -0.0460. The lowest BCUT2D eigenvalue weighted by Crippen LogP contribution is -3.00. The first-order valence-electron chi connectivity index (χ1n) is 7.59. The minimum Gasteiger partial charge on any atom is -1.00 e. The Kier molecular flexibility index (Phi) is 6.09. The third-order valence-electron chi connectivity index (χ3n) is 3.77. The maximum atomic E-state index is 2.30. The Morgan fingerprint density at radius 1 is 0.609 bits per heavy atom. The second kappa shape index (κ2) is 7.85. The molecule has 0 aliphatic rings. The van der Waals surface area contributed by atoms with E-state index >= 15 is 0 Å². The summed E-state index contributed by atoms with van der Waals surface area (Å²) in [6.07, 6.45) is 0. The first kappa shape index (κ1) is 17.8. The lowest BCUT2D eigenvalue weighted by atomic mass is 10.1. The van der Waals surface area contributed by atoms with E-state index in [0.717, 1.165) is 0 Å². The summed E-state index contributed by atoms with van der Waals surface area (Å²) in [5, 5.41) is 0. The molecule has 0 unspecified atom stereocenters.